The molecule has 144 valence electrons. The minimum atomic E-state index is -3.23. The van der Waals surface area contributed by atoms with E-state index in [1.807, 2.05) is 6.08 Å². The molecule has 25 heavy (non-hydrogen) atoms. The Morgan fingerprint density at radius 1 is 0.880 bits per heavy atom. The van der Waals surface area contributed by atoms with Crippen molar-refractivity contribution in [3.8, 4) is 0 Å². The first-order valence-electron chi connectivity index (χ1n) is 10.5. The van der Waals surface area contributed by atoms with Crippen LogP contribution >= 0.6 is 0 Å². The topological polar surface area (TPSA) is 58.2 Å². The van der Waals surface area contributed by atoms with Gasteiger partial charge in [0, 0.05) is 19.1 Å². The standard InChI is InChI=1S/C20H36N2O2S/c1-2-16-8-4-6-13-20(16)25(23,24)22-15-14-21-19-12-7-10-17-9-3-5-11-18(17)19/h2,16-22H,1,3-15H2. The average molecular weight is 369 g/mol. The first-order chi connectivity index (χ1) is 12.1. The summed E-state index contributed by atoms with van der Waals surface area (Å²) in [6, 6.07) is 0.596. The van der Waals surface area contributed by atoms with Crippen molar-refractivity contribution in [1.82, 2.24) is 10.0 Å². The van der Waals surface area contributed by atoms with Gasteiger partial charge in [0.1, 0.15) is 0 Å². The summed E-state index contributed by atoms with van der Waals surface area (Å²) in [5.74, 6) is 1.84. The molecule has 0 aromatic carbocycles. The van der Waals surface area contributed by atoms with Crippen LogP contribution in [0.5, 0.6) is 0 Å². The second-order valence-electron chi connectivity index (χ2n) is 8.36. The third-order valence-electron chi connectivity index (χ3n) is 6.86. The number of hydrogen-bond acceptors (Lipinski definition) is 3. The molecular formula is C20H36N2O2S. The van der Waals surface area contributed by atoms with E-state index in [0.29, 0.717) is 12.6 Å². The molecule has 0 amide bonds. The van der Waals surface area contributed by atoms with Crippen molar-refractivity contribution in [2.45, 2.75) is 81.9 Å². The van der Waals surface area contributed by atoms with E-state index in [4.69, 9.17) is 0 Å². The molecule has 0 aromatic heterocycles. The van der Waals surface area contributed by atoms with Gasteiger partial charge in [-0.25, -0.2) is 13.1 Å². The molecule has 0 aliphatic heterocycles. The fourth-order valence-electron chi connectivity index (χ4n) is 5.53. The Bertz CT molecular complexity index is 532. The van der Waals surface area contributed by atoms with Crippen LogP contribution in [0, 0.1) is 17.8 Å². The molecule has 5 atom stereocenters. The zero-order valence-corrected chi connectivity index (χ0v) is 16.4. The van der Waals surface area contributed by atoms with Crippen LogP contribution in [0.1, 0.15) is 70.6 Å². The van der Waals surface area contributed by atoms with Gasteiger partial charge in [0.15, 0.2) is 0 Å². The largest absolute Gasteiger partial charge is 0.312 e. The molecule has 0 radical (unpaired) electrons. The number of sulfonamides is 1. The summed E-state index contributed by atoms with van der Waals surface area (Å²) >= 11 is 0. The van der Waals surface area contributed by atoms with Crippen LogP contribution < -0.4 is 10.0 Å². The van der Waals surface area contributed by atoms with E-state index in [9.17, 15) is 8.42 Å². The number of hydrogen-bond donors (Lipinski definition) is 2. The third-order valence-corrected chi connectivity index (χ3v) is 8.85. The Kier molecular flexibility index (Phi) is 6.98. The highest BCUT2D eigenvalue weighted by molar-refractivity contribution is 7.90. The Morgan fingerprint density at radius 3 is 2.44 bits per heavy atom. The zero-order valence-electron chi connectivity index (χ0n) is 15.6. The minimum Gasteiger partial charge on any atom is -0.312 e. The Labute approximate surface area is 154 Å². The van der Waals surface area contributed by atoms with Gasteiger partial charge in [0.05, 0.1) is 5.25 Å². The van der Waals surface area contributed by atoms with Crippen LogP contribution in [-0.4, -0.2) is 32.8 Å². The molecule has 0 aromatic rings. The molecule has 3 aliphatic carbocycles. The Balaban J connectivity index is 1.45. The minimum absolute atomic E-state index is 0.112. The van der Waals surface area contributed by atoms with Crippen LogP contribution in [0.4, 0.5) is 0 Å². The van der Waals surface area contributed by atoms with Gasteiger partial charge in [-0.05, 0) is 43.4 Å². The van der Waals surface area contributed by atoms with E-state index in [2.05, 4.69) is 16.6 Å². The second-order valence-corrected chi connectivity index (χ2v) is 10.3. The van der Waals surface area contributed by atoms with Gasteiger partial charge in [-0.1, -0.05) is 51.0 Å². The highest BCUT2D eigenvalue weighted by atomic mass is 32.2. The molecule has 0 bridgehead atoms. The maximum Gasteiger partial charge on any atom is 0.215 e. The van der Waals surface area contributed by atoms with Crippen molar-refractivity contribution < 1.29 is 8.42 Å². The fraction of sp³-hybridized carbons (Fsp3) is 0.900. The van der Waals surface area contributed by atoms with Gasteiger partial charge in [-0.15, -0.1) is 6.58 Å². The van der Waals surface area contributed by atoms with Crippen LogP contribution in [0.2, 0.25) is 0 Å². The quantitative estimate of drug-likeness (QED) is 0.533. The lowest BCUT2D eigenvalue weighted by Gasteiger charge is -2.42. The van der Waals surface area contributed by atoms with E-state index >= 15 is 0 Å². The van der Waals surface area contributed by atoms with Gasteiger partial charge in [0.25, 0.3) is 0 Å². The van der Waals surface area contributed by atoms with Crippen molar-refractivity contribution in [3.63, 3.8) is 0 Å². The highest BCUT2D eigenvalue weighted by Crippen LogP contribution is 2.40. The third kappa shape index (κ3) is 4.86. The normalized spacial score (nSPS) is 36.6. The smallest absolute Gasteiger partial charge is 0.215 e. The summed E-state index contributed by atoms with van der Waals surface area (Å²) in [6.45, 7) is 5.10. The molecule has 0 spiro atoms. The van der Waals surface area contributed by atoms with E-state index < -0.39 is 10.0 Å². The lowest BCUT2D eigenvalue weighted by molar-refractivity contribution is 0.127. The fourth-order valence-corrected chi connectivity index (χ4v) is 7.32. The van der Waals surface area contributed by atoms with Gasteiger partial charge in [-0.2, -0.15) is 0 Å². The molecule has 5 heteroatoms. The lowest BCUT2D eigenvalue weighted by atomic mass is 9.68. The molecule has 2 N–H and O–H groups in total. The summed E-state index contributed by atoms with van der Waals surface area (Å²) in [7, 11) is -3.23. The first kappa shape index (κ1) is 19.4. The van der Waals surface area contributed by atoms with Crippen molar-refractivity contribution in [2.24, 2.45) is 17.8 Å². The molecule has 4 nitrogen and oxygen atoms in total. The van der Waals surface area contributed by atoms with E-state index in [1.165, 1.54) is 44.9 Å². The number of nitrogens with one attached hydrogen (secondary N) is 2. The number of rotatable bonds is 7. The zero-order chi connectivity index (χ0) is 17.7. The maximum absolute atomic E-state index is 12.6. The summed E-state index contributed by atoms with van der Waals surface area (Å²) in [5.41, 5.74) is 0. The van der Waals surface area contributed by atoms with Gasteiger partial charge < -0.3 is 5.32 Å². The molecule has 3 fully saturated rings. The van der Waals surface area contributed by atoms with Gasteiger partial charge >= 0.3 is 0 Å². The Morgan fingerprint density at radius 2 is 1.60 bits per heavy atom. The van der Waals surface area contributed by atoms with E-state index in [1.54, 1.807) is 0 Å². The SMILES string of the molecule is C=CC1CCCCC1S(=O)(=O)NCCNC1CCCC2CCCCC21. The second kappa shape index (κ2) is 9.01. The molecular weight excluding hydrogens is 332 g/mol. The first-order valence-corrected chi connectivity index (χ1v) is 12.0. The Hall–Kier alpha value is -0.390. The van der Waals surface area contributed by atoms with Crippen molar-refractivity contribution in [1.29, 1.82) is 0 Å². The molecule has 3 rings (SSSR count). The summed E-state index contributed by atoms with van der Waals surface area (Å²) in [6.07, 6.45) is 15.2. The predicted octanol–water partition coefficient (Wildman–Crippen LogP) is 3.60. The van der Waals surface area contributed by atoms with Gasteiger partial charge in [-0.3, -0.25) is 0 Å². The summed E-state index contributed by atoms with van der Waals surface area (Å²) in [4.78, 5) is 0. The predicted molar refractivity (Wildman–Crippen MR) is 104 cm³/mol. The van der Waals surface area contributed by atoms with E-state index in [-0.39, 0.29) is 11.2 Å². The maximum atomic E-state index is 12.6. The highest BCUT2D eigenvalue weighted by Gasteiger charge is 2.35. The molecule has 0 saturated heterocycles. The summed E-state index contributed by atoms with van der Waals surface area (Å²) in [5, 5.41) is 3.39. The van der Waals surface area contributed by atoms with E-state index in [0.717, 1.165) is 44.1 Å². The molecule has 5 unspecified atom stereocenters. The molecule has 3 saturated carbocycles. The summed E-state index contributed by atoms with van der Waals surface area (Å²) < 4.78 is 28.2. The molecule has 0 heterocycles. The van der Waals surface area contributed by atoms with Gasteiger partial charge in [0.2, 0.25) is 10.0 Å². The number of allylic oxidation sites excluding steroid dienone is 1. The number of fused-ring (bicyclic) bond motifs is 1. The van der Waals surface area contributed by atoms with Crippen LogP contribution in [0.3, 0.4) is 0 Å². The van der Waals surface area contributed by atoms with Crippen LogP contribution in [0.15, 0.2) is 12.7 Å². The average Bonchev–Trinajstić information content (AvgIpc) is 2.65. The van der Waals surface area contributed by atoms with Crippen LogP contribution in [0.25, 0.3) is 0 Å². The van der Waals surface area contributed by atoms with Crippen molar-refractivity contribution in [2.75, 3.05) is 13.1 Å². The molecule has 3 aliphatic rings. The van der Waals surface area contributed by atoms with Crippen molar-refractivity contribution >= 4 is 10.0 Å². The lowest BCUT2D eigenvalue weighted by Crippen LogP contribution is -2.47. The van der Waals surface area contributed by atoms with Crippen molar-refractivity contribution in [3.05, 3.63) is 12.7 Å². The monoisotopic (exact) mass is 368 g/mol. The van der Waals surface area contributed by atoms with Crippen LogP contribution in [-0.2, 0) is 10.0 Å².